The molecule has 0 fully saturated rings. The van der Waals surface area contributed by atoms with E-state index >= 15 is 0 Å². The summed E-state index contributed by atoms with van der Waals surface area (Å²) in [5.41, 5.74) is 0. The fraction of sp³-hybridized carbons (Fsp3) is 1.00. The molecule has 34 heavy (non-hydrogen) atoms. The van der Waals surface area contributed by atoms with Crippen molar-refractivity contribution < 1.29 is 13.0 Å². The third-order valence-corrected chi connectivity index (χ3v) is 8.49. The Bertz CT molecular complexity index is 482. The van der Waals surface area contributed by atoms with Crippen LogP contribution in [0, 0.1) is 0 Å². The third kappa shape index (κ3) is 26.5. The van der Waals surface area contributed by atoms with Gasteiger partial charge >= 0.3 is 0 Å². The van der Waals surface area contributed by atoms with E-state index in [1.165, 1.54) is 128 Å². The summed E-state index contributed by atoms with van der Waals surface area (Å²) in [5.74, 6) is 0. The molecule has 1 unspecified atom stereocenters. The molecule has 0 amide bonds. The van der Waals surface area contributed by atoms with Gasteiger partial charge < -0.3 is 6.15 Å². The van der Waals surface area contributed by atoms with Crippen LogP contribution < -0.4 is 6.15 Å². The minimum Gasteiger partial charge on any atom is -0.344 e. The van der Waals surface area contributed by atoms with Crippen LogP contribution in [0.25, 0.3) is 0 Å². The molecule has 0 aliphatic heterocycles. The van der Waals surface area contributed by atoms with Gasteiger partial charge in [0.15, 0.2) is 0 Å². The van der Waals surface area contributed by atoms with Gasteiger partial charge in [-0.25, -0.2) is 0 Å². The molecule has 0 saturated heterocycles. The Kier molecular flexibility index (Phi) is 29.1. The summed E-state index contributed by atoms with van der Waals surface area (Å²) in [6.45, 7) is 4.51. The highest BCUT2D eigenvalue weighted by Gasteiger charge is 2.21. The Labute approximate surface area is 215 Å². The van der Waals surface area contributed by atoms with Crippen LogP contribution in [0.5, 0.6) is 0 Å². The predicted octanol–water partition coefficient (Wildman–Crippen LogP) is 10.6. The number of rotatable bonds is 27. The van der Waals surface area contributed by atoms with Crippen molar-refractivity contribution in [3.63, 3.8) is 0 Å². The van der Waals surface area contributed by atoms with Crippen molar-refractivity contribution >= 4 is 10.1 Å². The van der Waals surface area contributed by atoms with E-state index in [1.807, 2.05) is 0 Å². The van der Waals surface area contributed by atoms with Gasteiger partial charge in [-0.1, -0.05) is 168 Å². The molecule has 0 aromatic rings. The van der Waals surface area contributed by atoms with Gasteiger partial charge in [0.25, 0.3) is 10.1 Å². The van der Waals surface area contributed by atoms with Gasteiger partial charge in [-0.3, -0.25) is 4.55 Å². The molecule has 0 saturated carbocycles. The van der Waals surface area contributed by atoms with Gasteiger partial charge in [0.05, 0.1) is 5.25 Å². The summed E-state index contributed by atoms with van der Waals surface area (Å²) in [5, 5.41) is -0.538. The SMILES string of the molecule is CCCCCCCCCCCCCCCCCCC(CCCCCCCCCC)S(=O)(=O)O.N. The second-order valence-corrected chi connectivity index (χ2v) is 12.2. The highest BCUT2D eigenvalue weighted by molar-refractivity contribution is 7.86. The van der Waals surface area contributed by atoms with Crippen LogP contribution in [0.15, 0.2) is 0 Å². The summed E-state index contributed by atoms with van der Waals surface area (Å²) in [4.78, 5) is 0. The van der Waals surface area contributed by atoms with E-state index < -0.39 is 15.4 Å². The van der Waals surface area contributed by atoms with E-state index in [2.05, 4.69) is 13.8 Å². The first-order valence-corrected chi connectivity index (χ1v) is 16.5. The van der Waals surface area contributed by atoms with Crippen LogP contribution in [0.2, 0.25) is 0 Å². The molecular formula is C29H63NO3S. The molecule has 5 heteroatoms. The molecule has 0 heterocycles. The molecule has 4 nitrogen and oxygen atoms in total. The van der Waals surface area contributed by atoms with E-state index in [4.69, 9.17) is 0 Å². The molecule has 0 spiro atoms. The second kappa shape index (κ2) is 27.5. The van der Waals surface area contributed by atoms with E-state index in [0.29, 0.717) is 12.8 Å². The zero-order valence-electron chi connectivity index (χ0n) is 23.3. The van der Waals surface area contributed by atoms with Crippen molar-refractivity contribution in [2.45, 2.75) is 186 Å². The summed E-state index contributed by atoms with van der Waals surface area (Å²) in [7, 11) is -3.89. The molecule has 1 atom stereocenters. The van der Waals surface area contributed by atoms with Crippen molar-refractivity contribution in [3.05, 3.63) is 0 Å². The lowest BCUT2D eigenvalue weighted by Crippen LogP contribution is -2.20. The zero-order chi connectivity index (χ0) is 24.5. The summed E-state index contributed by atoms with van der Waals surface area (Å²) in [6.07, 6.45) is 32.2. The average Bonchev–Trinajstić information content (AvgIpc) is 2.78. The minimum absolute atomic E-state index is 0. The van der Waals surface area contributed by atoms with E-state index in [9.17, 15) is 13.0 Å². The fourth-order valence-corrected chi connectivity index (χ4v) is 5.80. The zero-order valence-corrected chi connectivity index (χ0v) is 24.2. The van der Waals surface area contributed by atoms with Crippen LogP contribution >= 0.6 is 0 Å². The van der Waals surface area contributed by atoms with Crippen molar-refractivity contribution in [3.8, 4) is 0 Å². The Balaban J connectivity index is 0. The third-order valence-electron chi connectivity index (χ3n) is 7.18. The minimum atomic E-state index is -3.89. The van der Waals surface area contributed by atoms with Gasteiger partial charge in [-0.15, -0.1) is 0 Å². The van der Waals surface area contributed by atoms with Crippen LogP contribution in [-0.4, -0.2) is 18.2 Å². The fourth-order valence-electron chi connectivity index (χ4n) is 4.87. The second-order valence-electron chi connectivity index (χ2n) is 10.5. The van der Waals surface area contributed by atoms with Gasteiger partial charge in [-0.05, 0) is 12.8 Å². The van der Waals surface area contributed by atoms with Crippen molar-refractivity contribution in [1.82, 2.24) is 6.15 Å². The van der Waals surface area contributed by atoms with Crippen LogP contribution in [0.1, 0.15) is 181 Å². The van der Waals surface area contributed by atoms with Gasteiger partial charge in [0.2, 0.25) is 0 Å². The maximum Gasteiger partial charge on any atom is 0.267 e. The largest absolute Gasteiger partial charge is 0.344 e. The van der Waals surface area contributed by atoms with E-state index in [-0.39, 0.29) is 6.15 Å². The number of unbranched alkanes of at least 4 members (excludes halogenated alkanes) is 22. The molecule has 4 N–H and O–H groups in total. The topological polar surface area (TPSA) is 89.4 Å². The Morgan fingerprint density at radius 1 is 0.441 bits per heavy atom. The lowest BCUT2D eigenvalue weighted by Gasteiger charge is -2.13. The Morgan fingerprint density at radius 2 is 0.647 bits per heavy atom. The smallest absolute Gasteiger partial charge is 0.267 e. The molecule has 0 bridgehead atoms. The highest BCUT2D eigenvalue weighted by Crippen LogP contribution is 2.20. The quantitative estimate of drug-likeness (QED) is 0.0857. The summed E-state index contributed by atoms with van der Waals surface area (Å²) in [6, 6.07) is 0. The van der Waals surface area contributed by atoms with Crippen molar-refractivity contribution in [2.75, 3.05) is 0 Å². The summed E-state index contributed by atoms with van der Waals surface area (Å²) >= 11 is 0. The molecule has 0 aromatic heterocycles. The van der Waals surface area contributed by atoms with Crippen LogP contribution in [0.4, 0.5) is 0 Å². The van der Waals surface area contributed by atoms with E-state index in [1.54, 1.807) is 0 Å². The standard InChI is InChI=1S/C29H60O3S.H3N/c1-3-5-7-9-11-13-14-15-16-17-18-19-20-22-24-26-28-29(33(30,31)32)27-25-23-21-12-10-8-6-4-2;/h29H,3-28H2,1-2H3,(H,30,31,32);1H3. The van der Waals surface area contributed by atoms with Crippen LogP contribution in [0.3, 0.4) is 0 Å². The number of hydrogen-bond donors (Lipinski definition) is 2. The predicted molar refractivity (Wildman–Crippen MR) is 152 cm³/mol. The van der Waals surface area contributed by atoms with Crippen molar-refractivity contribution in [2.24, 2.45) is 0 Å². The van der Waals surface area contributed by atoms with Gasteiger partial charge in [0.1, 0.15) is 0 Å². The molecule has 208 valence electrons. The molecule has 0 aliphatic carbocycles. The van der Waals surface area contributed by atoms with Gasteiger partial charge in [-0.2, -0.15) is 8.42 Å². The van der Waals surface area contributed by atoms with E-state index in [0.717, 1.165) is 25.7 Å². The van der Waals surface area contributed by atoms with Crippen molar-refractivity contribution in [1.29, 1.82) is 0 Å². The molecule has 0 aromatic carbocycles. The number of hydrogen-bond acceptors (Lipinski definition) is 3. The normalized spacial score (nSPS) is 12.6. The lowest BCUT2D eigenvalue weighted by atomic mass is 10.0. The maximum atomic E-state index is 11.7. The molecule has 0 radical (unpaired) electrons. The first-order valence-electron chi connectivity index (χ1n) is 15.0. The van der Waals surface area contributed by atoms with Gasteiger partial charge in [0, 0.05) is 0 Å². The highest BCUT2D eigenvalue weighted by atomic mass is 32.2. The molecule has 0 rings (SSSR count). The maximum absolute atomic E-state index is 11.7. The summed E-state index contributed by atoms with van der Waals surface area (Å²) < 4.78 is 33.0. The van der Waals surface area contributed by atoms with Crippen LogP contribution in [-0.2, 0) is 10.1 Å². The lowest BCUT2D eigenvalue weighted by molar-refractivity contribution is 0.442. The Morgan fingerprint density at radius 3 is 0.853 bits per heavy atom. The monoisotopic (exact) mass is 505 g/mol. The average molecular weight is 506 g/mol. The molecular weight excluding hydrogens is 442 g/mol. The first-order chi connectivity index (χ1) is 16.0. The first kappa shape index (κ1) is 36.0. The molecule has 0 aliphatic rings. The Hall–Kier alpha value is -0.130.